The summed E-state index contributed by atoms with van der Waals surface area (Å²) in [6.07, 6.45) is 3.72. The van der Waals surface area contributed by atoms with Crippen LogP contribution in [-0.4, -0.2) is 24.9 Å². The zero-order valence-electron chi connectivity index (χ0n) is 12.3. The monoisotopic (exact) mass is 269 g/mol. The number of amides is 2. The lowest BCUT2D eigenvalue weighted by atomic mass is 9.70. The molecule has 0 radical (unpaired) electrons. The molecule has 0 aromatic rings. The molecule has 1 fully saturated rings. The van der Waals surface area contributed by atoms with Crippen LogP contribution in [0.4, 0.5) is 0 Å². The molecule has 0 bridgehead atoms. The Hall–Kier alpha value is -1.10. The van der Waals surface area contributed by atoms with Crippen LogP contribution in [-0.2, 0) is 9.59 Å². The minimum absolute atomic E-state index is 0.0313. The van der Waals surface area contributed by atoms with Crippen LogP contribution in [0.25, 0.3) is 0 Å². The molecular weight excluding hydrogens is 242 g/mol. The van der Waals surface area contributed by atoms with E-state index in [-0.39, 0.29) is 12.5 Å². The lowest BCUT2D eigenvalue weighted by molar-refractivity contribution is -0.134. The van der Waals surface area contributed by atoms with Crippen LogP contribution >= 0.6 is 0 Å². The van der Waals surface area contributed by atoms with Gasteiger partial charge in [-0.2, -0.15) is 0 Å². The van der Waals surface area contributed by atoms with Crippen molar-refractivity contribution >= 4 is 11.8 Å². The first-order chi connectivity index (χ1) is 8.73. The summed E-state index contributed by atoms with van der Waals surface area (Å²) in [5, 5.41) is 2.86. The van der Waals surface area contributed by atoms with E-state index in [1.165, 1.54) is 0 Å². The molecule has 0 heterocycles. The summed E-state index contributed by atoms with van der Waals surface area (Å²) in [6, 6.07) is 0. The number of hydrogen-bond donors (Lipinski definition) is 3. The predicted molar refractivity (Wildman–Crippen MR) is 75.1 cm³/mol. The Kier molecular flexibility index (Phi) is 4.96. The third-order valence-corrected chi connectivity index (χ3v) is 4.46. The van der Waals surface area contributed by atoms with E-state index in [2.05, 4.69) is 12.2 Å². The van der Waals surface area contributed by atoms with Crippen molar-refractivity contribution in [1.29, 1.82) is 0 Å². The van der Waals surface area contributed by atoms with Crippen molar-refractivity contribution in [3.8, 4) is 0 Å². The number of primary amides is 1. The molecule has 5 N–H and O–H groups in total. The maximum absolute atomic E-state index is 12.4. The highest BCUT2D eigenvalue weighted by Gasteiger charge is 2.40. The Bertz CT molecular complexity index is 345. The standard InChI is InChI=1S/C14H27N3O2/c1-10-4-6-14(8-15,7-5-10)12(19)17-9-13(2,3)11(16)18/h10H,4-9,15H2,1-3H3,(H2,16,18)(H,17,19). The van der Waals surface area contributed by atoms with Gasteiger partial charge in [0.1, 0.15) is 0 Å². The number of hydrogen-bond acceptors (Lipinski definition) is 3. The molecule has 110 valence electrons. The number of carbonyl (C=O) groups is 2. The second-order valence-corrected chi connectivity index (χ2v) is 6.60. The Morgan fingerprint density at radius 2 is 1.84 bits per heavy atom. The zero-order chi connectivity index (χ0) is 14.7. The van der Waals surface area contributed by atoms with Crippen LogP contribution in [0.3, 0.4) is 0 Å². The molecule has 0 spiro atoms. The van der Waals surface area contributed by atoms with Gasteiger partial charge in [-0.1, -0.05) is 6.92 Å². The molecule has 0 unspecified atom stereocenters. The molecule has 1 saturated carbocycles. The minimum atomic E-state index is -0.729. The van der Waals surface area contributed by atoms with Crippen LogP contribution in [0.5, 0.6) is 0 Å². The summed E-state index contributed by atoms with van der Waals surface area (Å²) in [4.78, 5) is 23.6. The SMILES string of the molecule is CC1CCC(CN)(C(=O)NCC(C)(C)C(N)=O)CC1. The second-order valence-electron chi connectivity index (χ2n) is 6.60. The first kappa shape index (κ1) is 16.0. The Morgan fingerprint density at radius 1 is 1.32 bits per heavy atom. The van der Waals surface area contributed by atoms with Gasteiger partial charge in [-0.15, -0.1) is 0 Å². The quantitative estimate of drug-likeness (QED) is 0.687. The maximum Gasteiger partial charge on any atom is 0.227 e. The van der Waals surface area contributed by atoms with Crippen molar-refractivity contribution in [1.82, 2.24) is 5.32 Å². The Labute approximate surface area is 115 Å². The Balaban J connectivity index is 2.63. The molecule has 19 heavy (non-hydrogen) atoms. The molecule has 5 nitrogen and oxygen atoms in total. The molecule has 0 aromatic carbocycles. The smallest absolute Gasteiger partial charge is 0.227 e. The van der Waals surface area contributed by atoms with Gasteiger partial charge in [0.2, 0.25) is 11.8 Å². The molecule has 1 aliphatic rings. The van der Waals surface area contributed by atoms with Gasteiger partial charge in [0.05, 0.1) is 10.8 Å². The van der Waals surface area contributed by atoms with Gasteiger partial charge in [0.25, 0.3) is 0 Å². The van der Waals surface area contributed by atoms with E-state index in [1.807, 2.05) is 0 Å². The van der Waals surface area contributed by atoms with Gasteiger partial charge in [-0.3, -0.25) is 9.59 Å². The van der Waals surface area contributed by atoms with Gasteiger partial charge in [-0.05, 0) is 45.4 Å². The highest BCUT2D eigenvalue weighted by atomic mass is 16.2. The van der Waals surface area contributed by atoms with E-state index >= 15 is 0 Å². The van der Waals surface area contributed by atoms with E-state index in [9.17, 15) is 9.59 Å². The molecule has 0 aliphatic heterocycles. The fraction of sp³-hybridized carbons (Fsp3) is 0.857. The molecule has 2 amide bonds. The minimum Gasteiger partial charge on any atom is -0.369 e. The average Bonchev–Trinajstić information content (AvgIpc) is 2.37. The highest BCUT2D eigenvalue weighted by Crippen LogP contribution is 2.38. The highest BCUT2D eigenvalue weighted by molar-refractivity contribution is 5.85. The van der Waals surface area contributed by atoms with Crippen molar-refractivity contribution in [2.75, 3.05) is 13.1 Å². The van der Waals surface area contributed by atoms with E-state index in [0.29, 0.717) is 12.5 Å². The van der Waals surface area contributed by atoms with Crippen LogP contribution in [0.1, 0.15) is 46.5 Å². The summed E-state index contributed by atoms with van der Waals surface area (Å²) in [5.74, 6) is 0.220. The molecule has 1 aliphatic carbocycles. The summed E-state index contributed by atoms with van der Waals surface area (Å²) in [7, 11) is 0. The van der Waals surface area contributed by atoms with E-state index in [1.54, 1.807) is 13.8 Å². The maximum atomic E-state index is 12.4. The Morgan fingerprint density at radius 3 is 2.26 bits per heavy atom. The third kappa shape index (κ3) is 3.69. The van der Waals surface area contributed by atoms with Crippen molar-refractivity contribution < 1.29 is 9.59 Å². The van der Waals surface area contributed by atoms with E-state index in [0.717, 1.165) is 25.7 Å². The fourth-order valence-corrected chi connectivity index (χ4v) is 2.41. The zero-order valence-corrected chi connectivity index (χ0v) is 12.3. The second kappa shape index (κ2) is 5.90. The van der Waals surface area contributed by atoms with Crippen molar-refractivity contribution in [3.63, 3.8) is 0 Å². The summed E-state index contributed by atoms with van der Waals surface area (Å²) < 4.78 is 0. The lowest BCUT2D eigenvalue weighted by Gasteiger charge is -2.37. The lowest BCUT2D eigenvalue weighted by Crippen LogP contribution is -2.51. The van der Waals surface area contributed by atoms with E-state index in [4.69, 9.17) is 11.5 Å². The number of rotatable bonds is 5. The number of nitrogens with two attached hydrogens (primary N) is 2. The van der Waals surface area contributed by atoms with Gasteiger partial charge in [0.15, 0.2) is 0 Å². The number of carbonyl (C=O) groups excluding carboxylic acids is 2. The third-order valence-electron chi connectivity index (χ3n) is 4.46. The molecule has 0 aromatic heterocycles. The van der Waals surface area contributed by atoms with Gasteiger partial charge >= 0.3 is 0 Å². The van der Waals surface area contributed by atoms with Gasteiger partial charge in [0, 0.05) is 13.1 Å². The van der Waals surface area contributed by atoms with Crippen molar-refractivity contribution in [3.05, 3.63) is 0 Å². The number of nitrogens with one attached hydrogen (secondary N) is 1. The fourth-order valence-electron chi connectivity index (χ4n) is 2.41. The summed E-state index contributed by atoms with van der Waals surface area (Å²) in [5.41, 5.74) is 9.95. The summed E-state index contributed by atoms with van der Waals surface area (Å²) >= 11 is 0. The first-order valence-corrected chi connectivity index (χ1v) is 7.02. The van der Waals surface area contributed by atoms with Crippen molar-refractivity contribution in [2.45, 2.75) is 46.5 Å². The van der Waals surface area contributed by atoms with Crippen molar-refractivity contribution in [2.24, 2.45) is 28.2 Å². The topological polar surface area (TPSA) is 98.2 Å². The molecular formula is C14H27N3O2. The average molecular weight is 269 g/mol. The van der Waals surface area contributed by atoms with Gasteiger partial charge in [-0.25, -0.2) is 0 Å². The van der Waals surface area contributed by atoms with Crippen LogP contribution in [0.15, 0.2) is 0 Å². The molecule has 0 atom stereocenters. The van der Waals surface area contributed by atoms with E-state index < -0.39 is 16.7 Å². The molecule has 5 heteroatoms. The molecule has 0 saturated heterocycles. The van der Waals surface area contributed by atoms with Crippen LogP contribution in [0.2, 0.25) is 0 Å². The largest absolute Gasteiger partial charge is 0.369 e. The first-order valence-electron chi connectivity index (χ1n) is 7.02. The normalized spacial score (nSPS) is 27.9. The van der Waals surface area contributed by atoms with Crippen LogP contribution < -0.4 is 16.8 Å². The van der Waals surface area contributed by atoms with Gasteiger partial charge < -0.3 is 16.8 Å². The summed E-state index contributed by atoms with van der Waals surface area (Å²) in [6.45, 7) is 6.29. The molecule has 1 rings (SSSR count). The van der Waals surface area contributed by atoms with Crippen LogP contribution in [0, 0.1) is 16.7 Å². The predicted octanol–water partition coefficient (Wildman–Crippen LogP) is 0.769.